The zero-order valence-electron chi connectivity index (χ0n) is 28.4. The van der Waals surface area contributed by atoms with E-state index in [1.807, 2.05) is 25.1 Å². The lowest BCUT2D eigenvalue weighted by atomic mass is 10.1. The fraction of sp³-hybridized carbons (Fsp3) is 0.394. The predicted octanol–water partition coefficient (Wildman–Crippen LogP) is 7.44. The van der Waals surface area contributed by atoms with Gasteiger partial charge < -0.3 is 35.9 Å². The summed E-state index contributed by atoms with van der Waals surface area (Å²) in [6, 6.07) is 10.4. The highest BCUT2D eigenvalue weighted by atomic mass is 28.4. The molecule has 270 valence electrons. The van der Waals surface area contributed by atoms with Crippen molar-refractivity contribution in [2.24, 2.45) is 0 Å². The normalized spacial score (nSPS) is 16.0. The maximum absolute atomic E-state index is 15.2. The van der Waals surface area contributed by atoms with E-state index in [2.05, 4.69) is 65.0 Å². The second kappa shape index (κ2) is 14.5. The Morgan fingerprint density at radius 1 is 1.06 bits per heavy atom. The van der Waals surface area contributed by atoms with Gasteiger partial charge in [0.25, 0.3) is 5.91 Å². The molecular formula is C33H40F4N6O6Si. The van der Waals surface area contributed by atoms with E-state index in [-0.39, 0.29) is 28.2 Å². The summed E-state index contributed by atoms with van der Waals surface area (Å²) in [7, 11) is -2.18. The molecule has 1 saturated heterocycles. The predicted molar refractivity (Wildman–Crippen MR) is 183 cm³/mol. The zero-order valence-corrected chi connectivity index (χ0v) is 29.4. The number of aliphatic carboxylic acids is 1. The highest BCUT2D eigenvalue weighted by Gasteiger charge is 2.40. The Bertz CT molecular complexity index is 1780. The van der Waals surface area contributed by atoms with Crippen LogP contribution in [0.2, 0.25) is 18.1 Å². The van der Waals surface area contributed by atoms with Crippen molar-refractivity contribution < 1.29 is 46.6 Å². The fourth-order valence-electron chi connectivity index (χ4n) is 5.06. The summed E-state index contributed by atoms with van der Waals surface area (Å²) in [5.41, 5.74) is 3.81. The van der Waals surface area contributed by atoms with Gasteiger partial charge in [0.1, 0.15) is 22.9 Å². The number of likely N-dealkylation sites (tertiary alicyclic amines) is 1. The number of carbonyl (C=O) groups is 3. The van der Waals surface area contributed by atoms with Crippen molar-refractivity contribution in [3.05, 3.63) is 65.1 Å². The minimum Gasteiger partial charge on any atom is -0.543 e. The number of carboxylic acid groups (broad SMARTS) is 2. The van der Waals surface area contributed by atoms with Crippen LogP contribution in [0.25, 0.3) is 0 Å². The zero-order chi connectivity index (χ0) is 37.2. The van der Waals surface area contributed by atoms with Gasteiger partial charge in [-0.2, -0.15) is 13.2 Å². The number of carbonyl (C=O) groups excluding carboxylic acids is 1. The molecule has 1 fully saturated rings. The van der Waals surface area contributed by atoms with Crippen LogP contribution in [0.1, 0.15) is 48.7 Å². The molecule has 1 atom stereocenters. The topological polar surface area (TPSA) is 165 Å². The number of nitrogens with zero attached hydrogens (tertiary/aromatic N) is 2. The van der Waals surface area contributed by atoms with Gasteiger partial charge in [-0.05, 0) is 66.9 Å². The number of nitrogens with one attached hydrogen (secondary N) is 4. The molecular weight excluding hydrogens is 680 g/mol. The van der Waals surface area contributed by atoms with Crippen molar-refractivity contribution in [2.45, 2.75) is 71.0 Å². The average molecular weight is 721 g/mol. The van der Waals surface area contributed by atoms with E-state index in [9.17, 15) is 22.8 Å². The first-order valence-corrected chi connectivity index (χ1v) is 18.5. The molecule has 0 aliphatic carbocycles. The number of hydrogen-bond acceptors (Lipinski definition) is 8. The quantitative estimate of drug-likeness (QED) is 0.107. The molecule has 0 bridgehead atoms. The summed E-state index contributed by atoms with van der Waals surface area (Å²) in [5, 5.41) is 28.0. The lowest BCUT2D eigenvalue weighted by molar-refractivity contribution is -0.192. The van der Waals surface area contributed by atoms with Gasteiger partial charge >= 0.3 is 18.2 Å². The first-order valence-electron chi connectivity index (χ1n) is 15.6. The third-order valence-electron chi connectivity index (χ3n) is 8.72. The van der Waals surface area contributed by atoms with Crippen LogP contribution in [-0.4, -0.2) is 71.7 Å². The van der Waals surface area contributed by atoms with Crippen LogP contribution < -0.4 is 25.7 Å². The fourth-order valence-corrected chi connectivity index (χ4v) is 6.14. The molecule has 0 unspecified atom stereocenters. The van der Waals surface area contributed by atoms with Crippen molar-refractivity contribution in [1.82, 2.24) is 15.2 Å². The van der Waals surface area contributed by atoms with Crippen molar-refractivity contribution in [2.75, 3.05) is 29.0 Å². The van der Waals surface area contributed by atoms with Crippen molar-refractivity contribution in [3.63, 3.8) is 0 Å². The number of rotatable bonds is 7. The number of fused-ring (bicyclic) bond motifs is 2. The molecule has 6 N–H and O–H groups in total. The molecule has 12 nitrogen and oxygen atoms in total. The molecule has 2 aliphatic rings. The smallest absolute Gasteiger partial charge is 0.490 e. The minimum absolute atomic E-state index is 0.0308. The molecule has 0 saturated carbocycles. The van der Waals surface area contributed by atoms with E-state index < -0.39 is 32.4 Å². The third kappa shape index (κ3) is 9.20. The van der Waals surface area contributed by atoms with Gasteiger partial charge in [-0.15, -0.1) is 0 Å². The van der Waals surface area contributed by atoms with Crippen LogP contribution in [-0.2, 0) is 11.3 Å². The number of carboxylic acids is 1. The highest BCUT2D eigenvalue weighted by Crippen LogP contribution is 2.40. The summed E-state index contributed by atoms with van der Waals surface area (Å²) >= 11 is 0. The molecule has 1 aromatic heterocycles. The van der Waals surface area contributed by atoms with Gasteiger partial charge in [0, 0.05) is 37.9 Å². The van der Waals surface area contributed by atoms with Crippen molar-refractivity contribution in [1.29, 1.82) is 0 Å². The second-order valence-corrected chi connectivity index (χ2v) is 18.3. The first kappa shape index (κ1) is 37.9. The Morgan fingerprint density at radius 2 is 1.74 bits per heavy atom. The van der Waals surface area contributed by atoms with Gasteiger partial charge in [0.15, 0.2) is 0 Å². The van der Waals surface area contributed by atoms with E-state index in [1.54, 1.807) is 18.3 Å². The molecule has 2 amide bonds. The van der Waals surface area contributed by atoms with Gasteiger partial charge in [-0.1, -0.05) is 26.8 Å². The Balaban J connectivity index is 0.000000727. The van der Waals surface area contributed by atoms with Crippen LogP contribution in [0.3, 0.4) is 0 Å². The number of halogens is 4. The van der Waals surface area contributed by atoms with E-state index in [0.717, 1.165) is 18.5 Å². The lowest BCUT2D eigenvalue weighted by Crippen LogP contribution is -2.44. The summed E-state index contributed by atoms with van der Waals surface area (Å²) in [6.45, 7) is 14.6. The van der Waals surface area contributed by atoms with Gasteiger partial charge in [0.2, 0.25) is 8.32 Å². The molecule has 3 aromatic rings. The van der Waals surface area contributed by atoms with Crippen LogP contribution >= 0.6 is 0 Å². The van der Waals surface area contributed by atoms with Crippen LogP contribution in [0.15, 0.2) is 42.6 Å². The van der Waals surface area contributed by atoms with Gasteiger partial charge in [0.05, 0.1) is 22.7 Å². The van der Waals surface area contributed by atoms with Crippen LogP contribution in [0.4, 0.5) is 50.9 Å². The van der Waals surface area contributed by atoms with Gasteiger partial charge in [-0.25, -0.2) is 19.0 Å². The summed E-state index contributed by atoms with van der Waals surface area (Å²) in [6.07, 6.45) is -3.79. The lowest BCUT2D eigenvalue weighted by Gasteiger charge is -2.37. The van der Waals surface area contributed by atoms with Crippen LogP contribution in [0, 0.1) is 12.7 Å². The average Bonchev–Trinajstić information content (AvgIpc) is 3.35. The standard InChI is InChI=1S/C31H39FN6O4Si.C2HF3O2/c1-18-13-21(32)24(15-26(18)42-43(5,6)31(2,3)4)35-23-9-11-33-28-27(23)29(39)37-25-14-19(7-8-22(25)36-28)16-38-12-10-20(17-38)34-30(40)41;3-2(4,5)1(6)7/h7-9,11,13-15,20,34H,10,12,16-17H2,1-6H3,(H,37,39)(H,40,41)(H2,33,35,36);(H,6,7)/t20-;/m0./s1. The largest absolute Gasteiger partial charge is 0.543 e. The number of benzene rings is 2. The minimum atomic E-state index is -5.08. The highest BCUT2D eigenvalue weighted by molar-refractivity contribution is 6.74. The number of hydrogen-bond donors (Lipinski definition) is 6. The number of anilines is 5. The molecule has 5 rings (SSSR count). The molecule has 0 radical (unpaired) electrons. The maximum atomic E-state index is 15.2. The van der Waals surface area contributed by atoms with E-state index in [0.29, 0.717) is 47.3 Å². The summed E-state index contributed by atoms with van der Waals surface area (Å²) in [4.78, 5) is 40.0. The van der Waals surface area contributed by atoms with Crippen molar-refractivity contribution in [3.8, 4) is 5.75 Å². The molecule has 2 aliphatic heterocycles. The molecule has 2 aromatic carbocycles. The SMILES string of the molecule is Cc1cc(F)c(Nc2ccnc3c2C(=O)Nc2cc(CN4CC[C@H](NC(=O)O)C4)ccc2N3)cc1O[Si](C)(C)C(C)(C)C.O=C(O)C(F)(F)F. The second-order valence-electron chi connectivity index (χ2n) is 13.6. The van der Waals surface area contributed by atoms with Crippen molar-refractivity contribution >= 4 is 54.9 Å². The van der Waals surface area contributed by atoms with E-state index in [1.165, 1.54) is 6.07 Å². The number of pyridine rings is 1. The molecule has 17 heteroatoms. The summed E-state index contributed by atoms with van der Waals surface area (Å²) < 4.78 is 53.5. The van der Waals surface area contributed by atoms with E-state index in [4.69, 9.17) is 19.4 Å². The van der Waals surface area contributed by atoms with E-state index >= 15 is 4.39 Å². The number of alkyl halides is 3. The summed E-state index contributed by atoms with van der Waals surface area (Å²) in [5.74, 6) is -2.63. The molecule has 0 spiro atoms. The third-order valence-corrected chi connectivity index (χ3v) is 13.1. The Labute approximate surface area is 287 Å². The first-order chi connectivity index (χ1) is 23.1. The van der Waals surface area contributed by atoms with Gasteiger partial charge in [-0.3, -0.25) is 9.69 Å². The monoisotopic (exact) mass is 720 g/mol. The molecule has 50 heavy (non-hydrogen) atoms. The Morgan fingerprint density at radius 3 is 2.36 bits per heavy atom. The Hall–Kier alpha value is -4.90. The Kier molecular flexibility index (Phi) is 11.0. The molecule has 3 heterocycles. The van der Waals surface area contributed by atoms with Crippen LogP contribution in [0.5, 0.6) is 5.75 Å². The number of aromatic nitrogens is 1. The number of amides is 2. The maximum Gasteiger partial charge on any atom is 0.490 e. The number of aryl methyl sites for hydroxylation is 1.